The van der Waals surface area contributed by atoms with E-state index in [4.69, 9.17) is 4.74 Å². The molecule has 3 nitrogen and oxygen atoms in total. The lowest BCUT2D eigenvalue weighted by atomic mass is 10.3. The highest BCUT2D eigenvalue weighted by atomic mass is 19.4. The topological polar surface area (TPSA) is 35.0 Å². The number of aromatic nitrogens is 2. The summed E-state index contributed by atoms with van der Waals surface area (Å²) in [6.07, 6.45) is -3.85. The average molecular weight is 258 g/mol. The molecule has 0 saturated heterocycles. The van der Waals surface area contributed by atoms with Gasteiger partial charge >= 0.3 is 6.18 Å². The van der Waals surface area contributed by atoms with Crippen LogP contribution in [0.5, 0.6) is 11.6 Å². The van der Waals surface area contributed by atoms with Gasteiger partial charge in [-0.15, -0.1) is 0 Å². The van der Waals surface area contributed by atoms with Crippen molar-refractivity contribution in [2.24, 2.45) is 0 Å². The predicted octanol–water partition coefficient (Wildman–Crippen LogP) is 3.43. The van der Waals surface area contributed by atoms with E-state index >= 15 is 0 Å². The molecule has 0 N–H and O–H groups in total. The number of rotatable bonds is 2. The Morgan fingerprint density at radius 1 is 1.06 bits per heavy atom. The first-order valence-corrected chi connectivity index (χ1v) is 4.78. The van der Waals surface area contributed by atoms with Crippen molar-refractivity contribution in [1.82, 2.24) is 9.97 Å². The number of ether oxygens (including phenoxy) is 1. The maximum Gasteiger partial charge on any atom is 0.433 e. The molecule has 2 aromatic rings. The maximum atomic E-state index is 12.8. The van der Waals surface area contributed by atoms with Crippen LogP contribution in [0.4, 0.5) is 17.6 Å². The van der Waals surface area contributed by atoms with Gasteiger partial charge in [0, 0.05) is 12.1 Å². The van der Waals surface area contributed by atoms with E-state index < -0.39 is 17.7 Å². The second-order valence-electron chi connectivity index (χ2n) is 3.30. The Morgan fingerprint density at radius 2 is 1.83 bits per heavy atom. The fourth-order valence-corrected chi connectivity index (χ4v) is 1.20. The number of benzene rings is 1. The van der Waals surface area contributed by atoms with Crippen molar-refractivity contribution < 1.29 is 22.3 Å². The van der Waals surface area contributed by atoms with Crippen molar-refractivity contribution in [2.45, 2.75) is 6.18 Å². The number of hydrogen-bond acceptors (Lipinski definition) is 3. The van der Waals surface area contributed by atoms with Crippen molar-refractivity contribution in [3.63, 3.8) is 0 Å². The van der Waals surface area contributed by atoms with Gasteiger partial charge < -0.3 is 4.74 Å². The Bertz CT molecular complexity index is 557. The lowest BCUT2D eigenvalue weighted by Gasteiger charge is -2.08. The third-order valence-corrected chi connectivity index (χ3v) is 1.95. The maximum absolute atomic E-state index is 12.8. The van der Waals surface area contributed by atoms with Crippen molar-refractivity contribution in [3.05, 3.63) is 48.2 Å². The summed E-state index contributed by atoms with van der Waals surface area (Å²) in [5.74, 6) is -0.803. The van der Waals surface area contributed by atoms with Gasteiger partial charge in [-0.2, -0.15) is 13.2 Å². The smallest absolute Gasteiger partial charge is 0.433 e. The van der Waals surface area contributed by atoms with E-state index in [9.17, 15) is 17.6 Å². The minimum absolute atomic E-state index is 0.0572. The number of hydrogen-bond donors (Lipinski definition) is 0. The summed E-state index contributed by atoms with van der Waals surface area (Å²) < 4.78 is 54.9. The van der Waals surface area contributed by atoms with Crippen LogP contribution in [0.2, 0.25) is 0 Å². The fraction of sp³-hybridized carbons (Fsp3) is 0.0909. The molecule has 1 heterocycles. The summed E-state index contributed by atoms with van der Waals surface area (Å²) in [6, 6.07) is 5.64. The first-order chi connectivity index (χ1) is 8.45. The summed E-state index contributed by atoms with van der Waals surface area (Å²) in [4.78, 5) is 6.60. The molecular formula is C11H6F4N2O. The number of halogens is 4. The molecule has 0 bridgehead atoms. The predicted molar refractivity (Wildman–Crippen MR) is 53.5 cm³/mol. The molecule has 0 radical (unpaired) electrons. The van der Waals surface area contributed by atoms with Crippen LogP contribution in [-0.2, 0) is 6.18 Å². The van der Waals surface area contributed by atoms with Crippen LogP contribution in [0.25, 0.3) is 0 Å². The summed E-state index contributed by atoms with van der Waals surface area (Å²) in [5.41, 5.74) is -1.12. The molecule has 0 aliphatic rings. The first-order valence-electron chi connectivity index (χ1n) is 4.78. The highest BCUT2D eigenvalue weighted by molar-refractivity contribution is 5.28. The molecular weight excluding hydrogens is 252 g/mol. The highest BCUT2D eigenvalue weighted by Gasteiger charge is 2.33. The van der Waals surface area contributed by atoms with Crippen LogP contribution in [0.15, 0.2) is 36.7 Å². The molecule has 0 saturated carbocycles. The van der Waals surface area contributed by atoms with Gasteiger partial charge in [0.2, 0.25) is 5.88 Å². The largest absolute Gasteiger partial charge is 0.439 e. The zero-order chi connectivity index (χ0) is 13.2. The second-order valence-corrected chi connectivity index (χ2v) is 3.30. The van der Waals surface area contributed by atoms with Crippen LogP contribution in [0, 0.1) is 5.82 Å². The molecule has 0 aliphatic heterocycles. The fourth-order valence-electron chi connectivity index (χ4n) is 1.20. The van der Waals surface area contributed by atoms with E-state index in [2.05, 4.69) is 9.97 Å². The molecule has 2 rings (SSSR count). The van der Waals surface area contributed by atoms with Crippen molar-refractivity contribution >= 4 is 0 Å². The van der Waals surface area contributed by atoms with Crippen LogP contribution in [-0.4, -0.2) is 9.97 Å². The van der Waals surface area contributed by atoms with E-state index in [1.54, 1.807) is 0 Å². The first kappa shape index (κ1) is 12.3. The van der Waals surface area contributed by atoms with Gasteiger partial charge in [-0.05, 0) is 12.1 Å². The second kappa shape index (κ2) is 4.59. The zero-order valence-electron chi connectivity index (χ0n) is 8.78. The molecule has 1 aromatic heterocycles. The van der Waals surface area contributed by atoms with Crippen molar-refractivity contribution in [2.75, 3.05) is 0 Å². The van der Waals surface area contributed by atoms with E-state index in [0.717, 1.165) is 12.4 Å². The Labute approximate surface area is 99.1 Å². The van der Waals surface area contributed by atoms with Crippen LogP contribution in [0.1, 0.15) is 5.69 Å². The van der Waals surface area contributed by atoms with Crippen LogP contribution < -0.4 is 4.74 Å². The molecule has 18 heavy (non-hydrogen) atoms. The Kier molecular flexibility index (Phi) is 3.14. The summed E-state index contributed by atoms with van der Waals surface area (Å²) >= 11 is 0. The number of alkyl halides is 3. The normalized spacial score (nSPS) is 11.3. The molecule has 0 fully saturated rings. The van der Waals surface area contributed by atoms with E-state index in [0.29, 0.717) is 6.07 Å². The van der Waals surface area contributed by atoms with Gasteiger partial charge in [-0.1, -0.05) is 6.07 Å². The van der Waals surface area contributed by atoms with Gasteiger partial charge in [0.1, 0.15) is 17.9 Å². The molecule has 0 unspecified atom stereocenters. The molecule has 0 spiro atoms. The Morgan fingerprint density at radius 3 is 2.50 bits per heavy atom. The third kappa shape index (κ3) is 2.93. The molecule has 0 atom stereocenters. The molecule has 1 aromatic carbocycles. The molecule has 94 valence electrons. The lowest BCUT2D eigenvalue weighted by Crippen LogP contribution is -2.08. The quantitative estimate of drug-likeness (QED) is 0.774. The van der Waals surface area contributed by atoms with Crippen molar-refractivity contribution in [1.29, 1.82) is 0 Å². The highest BCUT2D eigenvalue weighted by Crippen LogP contribution is 2.29. The summed E-state index contributed by atoms with van der Waals surface area (Å²) in [5, 5.41) is 0. The van der Waals surface area contributed by atoms with Gasteiger partial charge in [-0.25, -0.2) is 14.4 Å². The van der Waals surface area contributed by atoms with Crippen LogP contribution >= 0.6 is 0 Å². The molecule has 0 aliphatic carbocycles. The van der Waals surface area contributed by atoms with E-state index in [1.165, 1.54) is 18.2 Å². The van der Waals surface area contributed by atoms with Crippen LogP contribution in [0.3, 0.4) is 0 Å². The summed E-state index contributed by atoms with van der Waals surface area (Å²) in [7, 11) is 0. The minimum atomic E-state index is -4.58. The van der Waals surface area contributed by atoms with Crippen molar-refractivity contribution in [3.8, 4) is 11.6 Å². The van der Waals surface area contributed by atoms with Gasteiger partial charge in [-0.3, -0.25) is 0 Å². The Hall–Kier alpha value is -2.18. The van der Waals surface area contributed by atoms with Gasteiger partial charge in [0.05, 0.1) is 0 Å². The van der Waals surface area contributed by atoms with Gasteiger partial charge in [0.25, 0.3) is 0 Å². The minimum Gasteiger partial charge on any atom is -0.439 e. The average Bonchev–Trinajstić information content (AvgIpc) is 2.28. The Balaban J connectivity index is 2.25. The van der Waals surface area contributed by atoms with Gasteiger partial charge in [0.15, 0.2) is 5.69 Å². The lowest BCUT2D eigenvalue weighted by molar-refractivity contribution is -0.141. The molecule has 7 heteroatoms. The number of nitrogens with zero attached hydrogens (tertiary/aromatic N) is 2. The van der Waals surface area contributed by atoms with E-state index in [-0.39, 0.29) is 11.6 Å². The molecule has 0 amide bonds. The monoisotopic (exact) mass is 258 g/mol. The van der Waals surface area contributed by atoms with E-state index in [1.807, 2.05) is 0 Å². The third-order valence-electron chi connectivity index (χ3n) is 1.95. The zero-order valence-corrected chi connectivity index (χ0v) is 8.78. The standard InChI is InChI=1S/C11H6F4N2O/c12-7-2-1-3-8(4-7)18-10-5-9(11(13,14)15)16-6-17-10/h1-6H. The summed E-state index contributed by atoms with van der Waals surface area (Å²) in [6.45, 7) is 0. The SMILES string of the molecule is Fc1cccc(Oc2cc(C(F)(F)F)ncn2)c1.